The molecule has 1 N–H and O–H groups in total. The van der Waals surface area contributed by atoms with Crippen LogP contribution in [0.3, 0.4) is 0 Å². The number of anilines is 2. The number of ether oxygens (including phenoxy) is 2. The largest absolute Gasteiger partial charge is 0.497 e. The average molecular weight is 412 g/mol. The van der Waals surface area contributed by atoms with Gasteiger partial charge in [-0.1, -0.05) is 18.2 Å². The molecule has 0 bridgehead atoms. The van der Waals surface area contributed by atoms with Gasteiger partial charge in [0.15, 0.2) is 0 Å². The minimum atomic E-state index is -0.310. The van der Waals surface area contributed by atoms with Crippen molar-refractivity contribution in [2.24, 2.45) is 0 Å². The van der Waals surface area contributed by atoms with Gasteiger partial charge in [0.05, 0.1) is 25.9 Å². The van der Waals surface area contributed by atoms with Crippen molar-refractivity contribution in [3.63, 3.8) is 0 Å². The number of piperidine rings is 1. The van der Waals surface area contributed by atoms with Crippen LogP contribution in [0, 0.1) is 0 Å². The third kappa shape index (κ3) is 5.25. The van der Waals surface area contributed by atoms with Crippen LogP contribution in [0.15, 0.2) is 42.5 Å². The monoisotopic (exact) mass is 411 g/mol. The van der Waals surface area contributed by atoms with E-state index in [1.807, 2.05) is 20.0 Å². The number of hydrogen-bond donors (Lipinski definition) is 1. The number of nitrogens with one attached hydrogen (secondary N) is 1. The molecular formula is C24H33N3O3. The van der Waals surface area contributed by atoms with Crippen LogP contribution in [0.4, 0.5) is 11.4 Å². The Labute approximate surface area is 179 Å². The highest BCUT2D eigenvalue weighted by Crippen LogP contribution is 2.29. The lowest BCUT2D eigenvalue weighted by Gasteiger charge is -2.32. The van der Waals surface area contributed by atoms with Gasteiger partial charge in [-0.15, -0.1) is 0 Å². The molecule has 1 aliphatic rings. The van der Waals surface area contributed by atoms with Gasteiger partial charge in [-0.25, -0.2) is 0 Å². The van der Waals surface area contributed by atoms with Crippen LogP contribution in [-0.4, -0.2) is 51.2 Å². The number of carbonyl (C=O) groups is 1. The number of likely N-dealkylation sites (N-methyl/N-ethyl adjacent to an activating group) is 1. The zero-order chi connectivity index (χ0) is 21.5. The van der Waals surface area contributed by atoms with Gasteiger partial charge in [0.25, 0.3) is 0 Å². The van der Waals surface area contributed by atoms with E-state index in [1.165, 1.54) is 30.5 Å². The molecule has 0 radical (unpaired) electrons. The van der Waals surface area contributed by atoms with Gasteiger partial charge in [-0.3, -0.25) is 9.69 Å². The van der Waals surface area contributed by atoms with Crippen LogP contribution in [-0.2, 0) is 11.3 Å². The van der Waals surface area contributed by atoms with Gasteiger partial charge in [0, 0.05) is 31.4 Å². The summed E-state index contributed by atoms with van der Waals surface area (Å²) >= 11 is 0. The highest BCUT2D eigenvalue weighted by atomic mass is 16.5. The topological polar surface area (TPSA) is 54.0 Å². The molecule has 3 rings (SSSR count). The minimum Gasteiger partial charge on any atom is -0.497 e. The van der Waals surface area contributed by atoms with Gasteiger partial charge < -0.3 is 19.7 Å². The fraction of sp³-hybridized carbons (Fsp3) is 0.458. The molecule has 1 saturated heterocycles. The summed E-state index contributed by atoms with van der Waals surface area (Å²) in [7, 11) is 5.17. The number of carbonyl (C=O) groups excluding carboxylic acids is 1. The van der Waals surface area contributed by atoms with Crippen LogP contribution in [0.2, 0.25) is 0 Å². The van der Waals surface area contributed by atoms with E-state index < -0.39 is 0 Å². The van der Waals surface area contributed by atoms with E-state index in [0.29, 0.717) is 23.7 Å². The first-order valence-electron chi connectivity index (χ1n) is 10.6. The van der Waals surface area contributed by atoms with E-state index in [9.17, 15) is 4.79 Å². The second kappa shape index (κ2) is 10.3. The highest BCUT2D eigenvalue weighted by molar-refractivity contribution is 5.96. The smallest absolute Gasteiger partial charge is 0.241 e. The van der Waals surface area contributed by atoms with Crippen molar-refractivity contribution < 1.29 is 14.3 Å². The highest BCUT2D eigenvalue weighted by Gasteiger charge is 2.22. The first-order valence-corrected chi connectivity index (χ1v) is 10.6. The van der Waals surface area contributed by atoms with Crippen molar-refractivity contribution in [2.75, 3.05) is 44.6 Å². The molecule has 1 amide bonds. The molecule has 1 heterocycles. The van der Waals surface area contributed by atoms with Gasteiger partial charge in [0.1, 0.15) is 11.5 Å². The predicted octanol–water partition coefficient (Wildman–Crippen LogP) is 4.15. The molecule has 0 aliphatic carbocycles. The van der Waals surface area contributed by atoms with Crippen LogP contribution in [0.5, 0.6) is 11.5 Å². The Balaban J connectivity index is 1.69. The van der Waals surface area contributed by atoms with Gasteiger partial charge in [0.2, 0.25) is 5.91 Å². The Hall–Kier alpha value is -2.73. The summed E-state index contributed by atoms with van der Waals surface area (Å²) in [6, 6.07) is 13.6. The SMILES string of the molecule is COc1ccc(OC)c(NC(=O)C(C)N(C)Cc2ccccc2N2CCCCC2)c1. The zero-order valence-electron chi connectivity index (χ0n) is 18.5. The maximum Gasteiger partial charge on any atom is 0.241 e. The van der Waals surface area contributed by atoms with E-state index in [4.69, 9.17) is 9.47 Å². The third-order valence-electron chi connectivity index (χ3n) is 5.81. The summed E-state index contributed by atoms with van der Waals surface area (Å²) in [5.74, 6) is 1.19. The molecule has 2 aromatic rings. The Morgan fingerprint density at radius 3 is 2.53 bits per heavy atom. The molecule has 30 heavy (non-hydrogen) atoms. The van der Waals surface area contributed by atoms with E-state index in [2.05, 4.69) is 39.4 Å². The predicted molar refractivity (Wildman–Crippen MR) is 122 cm³/mol. The average Bonchev–Trinajstić information content (AvgIpc) is 2.79. The summed E-state index contributed by atoms with van der Waals surface area (Å²) in [6.45, 7) is 4.83. The third-order valence-corrected chi connectivity index (χ3v) is 5.81. The van der Waals surface area contributed by atoms with E-state index >= 15 is 0 Å². The molecule has 0 saturated carbocycles. The molecule has 6 nitrogen and oxygen atoms in total. The minimum absolute atomic E-state index is 0.0838. The lowest BCUT2D eigenvalue weighted by molar-refractivity contribution is -0.120. The molecule has 1 aliphatic heterocycles. The molecular weight excluding hydrogens is 378 g/mol. The Bertz CT molecular complexity index is 849. The van der Waals surface area contributed by atoms with E-state index in [1.54, 1.807) is 26.4 Å². The van der Waals surface area contributed by atoms with Gasteiger partial charge >= 0.3 is 0 Å². The number of amides is 1. The zero-order valence-corrected chi connectivity index (χ0v) is 18.5. The number of benzene rings is 2. The normalized spacial score (nSPS) is 15.0. The Morgan fingerprint density at radius 1 is 1.10 bits per heavy atom. The quantitative estimate of drug-likeness (QED) is 0.707. The molecule has 6 heteroatoms. The Morgan fingerprint density at radius 2 is 1.83 bits per heavy atom. The summed E-state index contributed by atoms with van der Waals surface area (Å²) in [4.78, 5) is 17.5. The lowest BCUT2D eigenvalue weighted by atomic mass is 10.1. The first-order chi connectivity index (χ1) is 14.5. The molecule has 0 aromatic heterocycles. The second-order valence-electron chi connectivity index (χ2n) is 7.82. The maximum atomic E-state index is 12.9. The van der Waals surface area contributed by atoms with Crippen molar-refractivity contribution in [1.82, 2.24) is 4.90 Å². The van der Waals surface area contributed by atoms with Crippen LogP contribution in [0.25, 0.3) is 0 Å². The van der Waals surface area contributed by atoms with Crippen LogP contribution in [0.1, 0.15) is 31.7 Å². The number of methoxy groups -OCH3 is 2. The van der Waals surface area contributed by atoms with Crippen molar-refractivity contribution in [1.29, 1.82) is 0 Å². The van der Waals surface area contributed by atoms with Crippen LogP contribution < -0.4 is 19.7 Å². The van der Waals surface area contributed by atoms with Crippen molar-refractivity contribution >= 4 is 17.3 Å². The van der Waals surface area contributed by atoms with Crippen molar-refractivity contribution in [2.45, 2.75) is 38.8 Å². The van der Waals surface area contributed by atoms with E-state index in [-0.39, 0.29) is 11.9 Å². The number of rotatable bonds is 8. The van der Waals surface area contributed by atoms with E-state index in [0.717, 1.165) is 13.1 Å². The Kier molecular flexibility index (Phi) is 7.57. The lowest BCUT2D eigenvalue weighted by Crippen LogP contribution is -2.39. The fourth-order valence-electron chi connectivity index (χ4n) is 3.84. The van der Waals surface area contributed by atoms with Crippen molar-refractivity contribution in [3.8, 4) is 11.5 Å². The molecule has 0 spiro atoms. The molecule has 162 valence electrons. The van der Waals surface area contributed by atoms with Gasteiger partial charge in [-0.2, -0.15) is 0 Å². The molecule has 1 unspecified atom stereocenters. The first kappa shape index (κ1) is 22.0. The van der Waals surface area contributed by atoms with Gasteiger partial charge in [-0.05, 0) is 57.0 Å². The molecule has 1 atom stereocenters. The second-order valence-corrected chi connectivity index (χ2v) is 7.82. The number of nitrogens with zero attached hydrogens (tertiary/aromatic N) is 2. The molecule has 2 aromatic carbocycles. The summed E-state index contributed by atoms with van der Waals surface area (Å²) in [5, 5.41) is 2.98. The standard InChI is InChI=1S/C24H33N3O3/c1-18(24(28)25-21-16-20(29-3)12-13-23(21)30-4)26(2)17-19-10-6-7-11-22(19)27-14-8-5-9-15-27/h6-7,10-13,16,18H,5,8-9,14-15,17H2,1-4H3,(H,25,28). The number of hydrogen-bond acceptors (Lipinski definition) is 5. The van der Waals surface area contributed by atoms with Crippen LogP contribution >= 0.6 is 0 Å². The number of para-hydroxylation sites is 1. The summed E-state index contributed by atoms with van der Waals surface area (Å²) in [5.41, 5.74) is 3.14. The fourth-order valence-corrected chi connectivity index (χ4v) is 3.84. The maximum absolute atomic E-state index is 12.9. The van der Waals surface area contributed by atoms with Crippen molar-refractivity contribution in [3.05, 3.63) is 48.0 Å². The summed E-state index contributed by atoms with van der Waals surface area (Å²) in [6.07, 6.45) is 3.79. The molecule has 1 fully saturated rings. The summed E-state index contributed by atoms with van der Waals surface area (Å²) < 4.78 is 10.6.